The lowest BCUT2D eigenvalue weighted by Crippen LogP contribution is -2.35. The van der Waals surface area contributed by atoms with Gasteiger partial charge < -0.3 is 15.0 Å². The number of carbonyl (C=O) groups is 2. The van der Waals surface area contributed by atoms with Crippen molar-refractivity contribution in [3.63, 3.8) is 0 Å². The first-order valence-electron chi connectivity index (χ1n) is 9.36. The van der Waals surface area contributed by atoms with Gasteiger partial charge in [0.25, 0.3) is 11.8 Å². The molecule has 2 aromatic rings. The summed E-state index contributed by atoms with van der Waals surface area (Å²) in [7, 11) is 0. The normalized spacial score (nSPS) is 14.1. The van der Waals surface area contributed by atoms with Gasteiger partial charge in [0, 0.05) is 25.5 Å². The van der Waals surface area contributed by atoms with Crippen LogP contribution in [0, 0.1) is 0 Å². The Hall–Kier alpha value is -2.89. The molecule has 1 saturated heterocycles. The molecular formula is C21H25N3O3. The predicted molar refractivity (Wildman–Crippen MR) is 104 cm³/mol. The molecule has 0 bridgehead atoms. The maximum Gasteiger partial charge on any atom is 0.257 e. The molecule has 0 aliphatic carbocycles. The highest BCUT2D eigenvalue weighted by Gasteiger charge is 2.20. The first-order valence-corrected chi connectivity index (χ1v) is 9.36. The number of anilines is 1. The van der Waals surface area contributed by atoms with Crippen LogP contribution in [0.25, 0.3) is 0 Å². The molecule has 6 nitrogen and oxygen atoms in total. The number of carbonyl (C=O) groups excluding carboxylic acids is 2. The molecule has 3 rings (SSSR count). The Morgan fingerprint density at radius 2 is 1.78 bits per heavy atom. The van der Waals surface area contributed by atoms with E-state index in [1.807, 2.05) is 36.9 Å². The highest BCUT2D eigenvalue weighted by Crippen LogP contribution is 2.25. The number of hydrogen-bond donors (Lipinski definition) is 1. The summed E-state index contributed by atoms with van der Waals surface area (Å²) in [5, 5.41) is 2.85. The van der Waals surface area contributed by atoms with Gasteiger partial charge in [0.05, 0.1) is 22.9 Å². The molecule has 2 heterocycles. The van der Waals surface area contributed by atoms with Crippen LogP contribution >= 0.6 is 0 Å². The van der Waals surface area contributed by atoms with E-state index in [2.05, 4.69) is 10.3 Å². The van der Waals surface area contributed by atoms with Crippen LogP contribution in [0.4, 0.5) is 5.69 Å². The number of nitrogens with zero attached hydrogens (tertiary/aromatic N) is 2. The average Bonchev–Trinajstić information content (AvgIpc) is 2.69. The van der Waals surface area contributed by atoms with Crippen molar-refractivity contribution in [1.29, 1.82) is 0 Å². The van der Waals surface area contributed by atoms with E-state index >= 15 is 0 Å². The summed E-state index contributed by atoms with van der Waals surface area (Å²) in [5.74, 6) is 0.213. The molecule has 0 saturated carbocycles. The second-order valence-electron chi connectivity index (χ2n) is 6.93. The summed E-state index contributed by atoms with van der Waals surface area (Å²) in [5.41, 5.74) is 1.37. The molecule has 1 aliphatic heterocycles. The van der Waals surface area contributed by atoms with Crippen molar-refractivity contribution >= 4 is 17.5 Å². The average molecular weight is 367 g/mol. The Kier molecular flexibility index (Phi) is 6.06. The van der Waals surface area contributed by atoms with Gasteiger partial charge in [-0.05, 0) is 51.3 Å². The highest BCUT2D eigenvalue weighted by molar-refractivity contribution is 6.06. The number of aromatic nitrogens is 1. The zero-order valence-corrected chi connectivity index (χ0v) is 15.8. The summed E-state index contributed by atoms with van der Waals surface area (Å²) in [4.78, 5) is 31.2. The monoisotopic (exact) mass is 367 g/mol. The standard InChI is InChI=1S/C21H25N3O3/c1-15(2)27-19-9-5-4-8-18(19)23-20(25)16-12-17(14-22-13-16)21(26)24-10-6-3-7-11-24/h4-5,8-9,12-15H,3,6-7,10-11H2,1-2H3,(H,23,25). The number of benzene rings is 1. The van der Waals surface area contributed by atoms with Gasteiger partial charge >= 0.3 is 0 Å². The summed E-state index contributed by atoms with van der Waals surface area (Å²) in [6, 6.07) is 8.88. The SMILES string of the molecule is CC(C)Oc1ccccc1NC(=O)c1cncc(C(=O)N2CCCCC2)c1. The number of para-hydroxylation sites is 2. The lowest BCUT2D eigenvalue weighted by Gasteiger charge is -2.26. The molecule has 1 fully saturated rings. The van der Waals surface area contributed by atoms with Crippen molar-refractivity contribution in [2.75, 3.05) is 18.4 Å². The van der Waals surface area contributed by atoms with E-state index in [4.69, 9.17) is 4.74 Å². The van der Waals surface area contributed by atoms with Crippen LogP contribution in [0.3, 0.4) is 0 Å². The highest BCUT2D eigenvalue weighted by atomic mass is 16.5. The maximum absolute atomic E-state index is 12.7. The van der Waals surface area contributed by atoms with Gasteiger partial charge in [0.2, 0.25) is 0 Å². The second kappa shape index (κ2) is 8.66. The fourth-order valence-corrected chi connectivity index (χ4v) is 3.08. The van der Waals surface area contributed by atoms with Crippen molar-refractivity contribution in [3.05, 3.63) is 53.9 Å². The first kappa shape index (κ1) is 18.9. The number of hydrogen-bond acceptors (Lipinski definition) is 4. The first-order chi connectivity index (χ1) is 13.0. The Balaban J connectivity index is 1.75. The number of pyridine rings is 1. The Morgan fingerprint density at radius 3 is 2.52 bits per heavy atom. The van der Waals surface area contributed by atoms with Crippen LogP contribution in [-0.2, 0) is 0 Å². The minimum atomic E-state index is -0.324. The fourth-order valence-electron chi connectivity index (χ4n) is 3.08. The van der Waals surface area contributed by atoms with Crippen LogP contribution in [0.1, 0.15) is 53.8 Å². The van der Waals surface area contributed by atoms with Gasteiger partial charge in [0.15, 0.2) is 0 Å². The van der Waals surface area contributed by atoms with Crippen LogP contribution in [0.15, 0.2) is 42.7 Å². The Bertz CT molecular complexity index is 814. The molecule has 0 radical (unpaired) electrons. The van der Waals surface area contributed by atoms with Crippen molar-refractivity contribution in [2.45, 2.75) is 39.2 Å². The minimum Gasteiger partial charge on any atom is -0.489 e. The van der Waals surface area contributed by atoms with Crippen molar-refractivity contribution < 1.29 is 14.3 Å². The molecule has 1 N–H and O–H groups in total. The molecule has 1 aromatic carbocycles. The Morgan fingerprint density at radius 1 is 1.07 bits per heavy atom. The largest absolute Gasteiger partial charge is 0.489 e. The summed E-state index contributed by atoms with van der Waals surface area (Å²) in [6.45, 7) is 5.38. The molecular weight excluding hydrogens is 342 g/mol. The fraction of sp³-hybridized carbons (Fsp3) is 0.381. The summed E-state index contributed by atoms with van der Waals surface area (Å²) in [6.07, 6.45) is 6.17. The van der Waals surface area contributed by atoms with Crippen LogP contribution < -0.4 is 10.1 Å². The molecule has 0 unspecified atom stereocenters. The van der Waals surface area contributed by atoms with Gasteiger partial charge in [-0.25, -0.2) is 0 Å². The number of nitrogens with one attached hydrogen (secondary N) is 1. The zero-order chi connectivity index (χ0) is 19.2. The van der Waals surface area contributed by atoms with E-state index in [0.717, 1.165) is 32.4 Å². The molecule has 27 heavy (non-hydrogen) atoms. The molecule has 1 aliphatic rings. The Labute approximate surface area is 159 Å². The maximum atomic E-state index is 12.7. The van der Waals surface area contributed by atoms with Crippen LogP contribution in [-0.4, -0.2) is 40.9 Å². The molecule has 0 atom stereocenters. The summed E-state index contributed by atoms with van der Waals surface area (Å²) < 4.78 is 5.73. The van der Waals surface area contributed by atoms with Gasteiger partial charge in [-0.15, -0.1) is 0 Å². The third-order valence-electron chi connectivity index (χ3n) is 4.39. The third kappa shape index (κ3) is 4.84. The zero-order valence-electron chi connectivity index (χ0n) is 15.8. The number of rotatable bonds is 5. The summed E-state index contributed by atoms with van der Waals surface area (Å²) >= 11 is 0. The van der Waals surface area contributed by atoms with Crippen LogP contribution in [0.2, 0.25) is 0 Å². The van der Waals surface area contributed by atoms with E-state index in [1.54, 1.807) is 12.1 Å². The number of likely N-dealkylation sites (tertiary alicyclic amines) is 1. The quantitative estimate of drug-likeness (QED) is 0.874. The van der Waals surface area contributed by atoms with E-state index in [0.29, 0.717) is 22.6 Å². The molecule has 6 heteroatoms. The molecule has 1 aromatic heterocycles. The number of ether oxygens (including phenoxy) is 1. The van der Waals surface area contributed by atoms with E-state index < -0.39 is 0 Å². The van der Waals surface area contributed by atoms with Crippen molar-refractivity contribution in [1.82, 2.24) is 9.88 Å². The molecule has 142 valence electrons. The van der Waals surface area contributed by atoms with Crippen LogP contribution in [0.5, 0.6) is 5.75 Å². The van der Waals surface area contributed by atoms with Gasteiger partial charge in [-0.1, -0.05) is 12.1 Å². The predicted octanol–water partition coefficient (Wildman–Crippen LogP) is 3.75. The third-order valence-corrected chi connectivity index (χ3v) is 4.39. The number of amides is 2. The topological polar surface area (TPSA) is 71.5 Å². The smallest absolute Gasteiger partial charge is 0.257 e. The molecule has 2 amide bonds. The molecule has 0 spiro atoms. The van der Waals surface area contributed by atoms with Gasteiger partial charge in [0.1, 0.15) is 5.75 Å². The number of piperidine rings is 1. The van der Waals surface area contributed by atoms with E-state index in [9.17, 15) is 9.59 Å². The minimum absolute atomic E-state index is 0.00443. The van der Waals surface area contributed by atoms with Gasteiger partial charge in [-0.3, -0.25) is 14.6 Å². The van der Waals surface area contributed by atoms with E-state index in [1.165, 1.54) is 12.4 Å². The lowest BCUT2D eigenvalue weighted by atomic mass is 10.1. The van der Waals surface area contributed by atoms with Crippen molar-refractivity contribution in [3.8, 4) is 5.75 Å². The lowest BCUT2D eigenvalue weighted by molar-refractivity contribution is 0.0724. The van der Waals surface area contributed by atoms with E-state index in [-0.39, 0.29) is 17.9 Å². The van der Waals surface area contributed by atoms with Crippen molar-refractivity contribution in [2.24, 2.45) is 0 Å². The van der Waals surface area contributed by atoms with Gasteiger partial charge in [-0.2, -0.15) is 0 Å². The second-order valence-corrected chi connectivity index (χ2v) is 6.93.